The highest BCUT2D eigenvalue weighted by atomic mass is 35.5. The molecule has 94 valence electrons. The van der Waals surface area contributed by atoms with E-state index in [-0.39, 0.29) is 5.91 Å². The van der Waals surface area contributed by atoms with Gasteiger partial charge >= 0.3 is 0 Å². The predicted molar refractivity (Wildman–Crippen MR) is 72.6 cm³/mol. The van der Waals surface area contributed by atoms with Gasteiger partial charge in [0, 0.05) is 30.5 Å². The third-order valence-corrected chi connectivity index (χ3v) is 2.85. The van der Waals surface area contributed by atoms with Crippen molar-refractivity contribution in [2.45, 2.75) is 13.0 Å². The number of nitrogens with zero attached hydrogens (tertiary/aromatic N) is 1. The summed E-state index contributed by atoms with van der Waals surface area (Å²) in [6, 6.07) is 11.3. The number of rotatable bonds is 5. The van der Waals surface area contributed by atoms with Crippen LogP contribution < -0.4 is 5.32 Å². The lowest BCUT2D eigenvalue weighted by atomic mass is 10.1. The molecular formula is C14H15ClN2O. The average molecular weight is 263 g/mol. The van der Waals surface area contributed by atoms with E-state index in [0.717, 1.165) is 12.1 Å². The lowest BCUT2D eigenvalue weighted by molar-refractivity contribution is -0.120. The Morgan fingerprint density at radius 1 is 1.22 bits per heavy atom. The van der Waals surface area contributed by atoms with Crippen LogP contribution in [0.1, 0.15) is 5.56 Å². The van der Waals surface area contributed by atoms with Crippen LogP contribution in [0.3, 0.4) is 0 Å². The van der Waals surface area contributed by atoms with Crippen LogP contribution in [0.15, 0.2) is 48.8 Å². The molecule has 1 aromatic heterocycles. The second-order valence-electron chi connectivity index (χ2n) is 4.08. The van der Waals surface area contributed by atoms with E-state index in [1.54, 1.807) is 6.07 Å². The molecule has 0 fully saturated rings. The summed E-state index contributed by atoms with van der Waals surface area (Å²) >= 11 is 5.87. The molecule has 0 atom stereocenters. The van der Waals surface area contributed by atoms with Crippen LogP contribution in [0.4, 0.5) is 0 Å². The van der Waals surface area contributed by atoms with E-state index in [1.165, 1.54) is 0 Å². The molecule has 18 heavy (non-hydrogen) atoms. The summed E-state index contributed by atoms with van der Waals surface area (Å²) < 4.78 is 2.03. The van der Waals surface area contributed by atoms with Gasteiger partial charge in [-0.05, 0) is 29.8 Å². The molecule has 4 heteroatoms. The van der Waals surface area contributed by atoms with Crippen LogP contribution in [0, 0.1) is 0 Å². The number of nitrogens with one attached hydrogen (secondary N) is 1. The predicted octanol–water partition coefficient (Wildman–Crippen LogP) is 2.50. The summed E-state index contributed by atoms with van der Waals surface area (Å²) in [7, 11) is 0. The quantitative estimate of drug-likeness (QED) is 0.883. The van der Waals surface area contributed by atoms with E-state index in [1.807, 2.05) is 47.3 Å². The van der Waals surface area contributed by atoms with Crippen molar-refractivity contribution in [3.05, 3.63) is 59.4 Å². The molecule has 0 aliphatic rings. The van der Waals surface area contributed by atoms with Gasteiger partial charge in [-0.3, -0.25) is 4.79 Å². The molecule has 0 radical (unpaired) electrons. The number of aromatic nitrogens is 1. The molecule has 0 saturated heterocycles. The summed E-state index contributed by atoms with van der Waals surface area (Å²) in [6.07, 6.45) is 4.32. The van der Waals surface area contributed by atoms with Gasteiger partial charge < -0.3 is 9.88 Å². The van der Waals surface area contributed by atoms with Gasteiger partial charge in [-0.25, -0.2) is 0 Å². The Kier molecular flexibility index (Phi) is 4.42. The first-order valence-corrected chi connectivity index (χ1v) is 6.24. The van der Waals surface area contributed by atoms with Gasteiger partial charge in [-0.15, -0.1) is 0 Å². The Bertz CT molecular complexity index is 508. The maximum atomic E-state index is 11.7. The van der Waals surface area contributed by atoms with Gasteiger partial charge in [0.1, 0.15) is 0 Å². The van der Waals surface area contributed by atoms with E-state index < -0.39 is 0 Å². The summed E-state index contributed by atoms with van der Waals surface area (Å²) in [6.45, 7) is 1.42. The first-order chi connectivity index (χ1) is 8.74. The molecule has 0 saturated carbocycles. The minimum atomic E-state index is 0.0180. The zero-order valence-corrected chi connectivity index (χ0v) is 10.7. The summed E-state index contributed by atoms with van der Waals surface area (Å²) in [5, 5.41) is 3.55. The molecule has 0 unspecified atom stereocenters. The molecule has 2 rings (SSSR count). The fraction of sp³-hybridized carbons (Fsp3) is 0.214. The van der Waals surface area contributed by atoms with Gasteiger partial charge in [0.25, 0.3) is 0 Å². The highest BCUT2D eigenvalue weighted by molar-refractivity contribution is 6.30. The standard InChI is InChI=1S/C14H15ClN2O/c15-13-5-3-4-12(10-13)11-14(18)16-6-9-17-7-1-2-8-17/h1-5,7-8,10H,6,9,11H2,(H,16,18). The Morgan fingerprint density at radius 3 is 2.72 bits per heavy atom. The van der Waals surface area contributed by atoms with Crippen molar-refractivity contribution in [3.63, 3.8) is 0 Å². The van der Waals surface area contributed by atoms with Gasteiger partial charge in [-0.2, -0.15) is 0 Å². The zero-order valence-electron chi connectivity index (χ0n) is 9.97. The fourth-order valence-electron chi connectivity index (χ4n) is 1.74. The normalized spacial score (nSPS) is 10.3. The van der Waals surface area contributed by atoms with Crippen LogP contribution in [0.5, 0.6) is 0 Å². The first kappa shape index (κ1) is 12.7. The Labute approximate surface area is 111 Å². The van der Waals surface area contributed by atoms with Crippen LogP contribution in [0.25, 0.3) is 0 Å². The number of carbonyl (C=O) groups is 1. The average Bonchev–Trinajstić information content (AvgIpc) is 2.82. The topological polar surface area (TPSA) is 34.0 Å². The van der Waals surface area contributed by atoms with Gasteiger partial charge in [0.15, 0.2) is 0 Å². The minimum Gasteiger partial charge on any atom is -0.354 e. The number of hydrogen-bond donors (Lipinski definition) is 1. The minimum absolute atomic E-state index is 0.0180. The van der Waals surface area contributed by atoms with Crippen LogP contribution in [0.2, 0.25) is 5.02 Å². The zero-order chi connectivity index (χ0) is 12.8. The molecule has 1 N–H and O–H groups in total. The molecule has 0 spiro atoms. The molecule has 3 nitrogen and oxygen atoms in total. The fourth-order valence-corrected chi connectivity index (χ4v) is 1.95. The third-order valence-electron chi connectivity index (χ3n) is 2.61. The van der Waals surface area contributed by atoms with Crippen molar-refractivity contribution >= 4 is 17.5 Å². The lowest BCUT2D eigenvalue weighted by Crippen LogP contribution is -2.28. The molecule has 2 aromatic rings. The second-order valence-corrected chi connectivity index (χ2v) is 4.51. The Hall–Kier alpha value is -1.74. The van der Waals surface area contributed by atoms with Crippen molar-refractivity contribution in [3.8, 4) is 0 Å². The SMILES string of the molecule is O=C(Cc1cccc(Cl)c1)NCCn1cccc1. The maximum absolute atomic E-state index is 11.7. The maximum Gasteiger partial charge on any atom is 0.224 e. The number of halogens is 1. The van der Waals surface area contributed by atoms with Crippen LogP contribution in [-0.2, 0) is 17.8 Å². The van der Waals surface area contributed by atoms with Crippen LogP contribution >= 0.6 is 11.6 Å². The van der Waals surface area contributed by atoms with Gasteiger partial charge in [0.2, 0.25) is 5.91 Å². The molecule has 1 aromatic carbocycles. The summed E-state index contributed by atoms with van der Waals surface area (Å²) in [5.74, 6) is 0.0180. The number of hydrogen-bond acceptors (Lipinski definition) is 1. The van der Waals surface area contributed by atoms with E-state index in [0.29, 0.717) is 18.0 Å². The van der Waals surface area contributed by atoms with E-state index in [4.69, 9.17) is 11.6 Å². The van der Waals surface area contributed by atoms with Crippen molar-refractivity contribution in [1.82, 2.24) is 9.88 Å². The van der Waals surface area contributed by atoms with Crippen molar-refractivity contribution in [2.75, 3.05) is 6.54 Å². The van der Waals surface area contributed by atoms with Crippen molar-refractivity contribution < 1.29 is 4.79 Å². The van der Waals surface area contributed by atoms with Crippen molar-refractivity contribution in [1.29, 1.82) is 0 Å². The number of benzene rings is 1. The first-order valence-electron chi connectivity index (χ1n) is 5.86. The number of carbonyl (C=O) groups excluding carboxylic acids is 1. The monoisotopic (exact) mass is 262 g/mol. The van der Waals surface area contributed by atoms with Crippen molar-refractivity contribution in [2.24, 2.45) is 0 Å². The largest absolute Gasteiger partial charge is 0.354 e. The molecule has 0 aliphatic carbocycles. The second kappa shape index (κ2) is 6.26. The summed E-state index contributed by atoms with van der Waals surface area (Å²) in [5.41, 5.74) is 0.931. The highest BCUT2D eigenvalue weighted by Gasteiger charge is 2.03. The van der Waals surface area contributed by atoms with E-state index in [9.17, 15) is 4.79 Å². The molecule has 1 heterocycles. The molecular weight excluding hydrogens is 248 g/mol. The summed E-state index contributed by atoms with van der Waals surface area (Å²) in [4.78, 5) is 11.7. The van der Waals surface area contributed by atoms with E-state index >= 15 is 0 Å². The number of amides is 1. The Morgan fingerprint density at radius 2 is 2.00 bits per heavy atom. The van der Waals surface area contributed by atoms with E-state index in [2.05, 4.69) is 5.32 Å². The van der Waals surface area contributed by atoms with Gasteiger partial charge in [-0.1, -0.05) is 23.7 Å². The molecule has 1 amide bonds. The third kappa shape index (κ3) is 3.93. The molecule has 0 bridgehead atoms. The van der Waals surface area contributed by atoms with Gasteiger partial charge in [0.05, 0.1) is 6.42 Å². The van der Waals surface area contributed by atoms with Crippen LogP contribution in [-0.4, -0.2) is 17.0 Å². The smallest absolute Gasteiger partial charge is 0.224 e. The molecule has 0 aliphatic heterocycles. The Balaban J connectivity index is 1.75. The lowest BCUT2D eigenvalue weighted by Gasteiger charge is -2.06. The highest BCUT2D eigenvalue weighted by Crippen LogP contribution is 2.10.